The molecule has 4 N–H and O–H groups in total. The van der Waals surface area contributed by atoms with Crippen molar-refractivity contribution in [3.8, 4) is 16.9 Å². The lowest BCUT2D eigenvalue weighted by Crippen LogP contribution is -2.36. The van der Waals surface area contributed by atoms with E-state index in [1.807, 2.05) is 43.3 Å². The van der Waals surface area contributed by atoms with Crippen LogP contribution in [0, 0.1) is 13.8 Å². The highest BCUT2D eigenvalue weighted by atomic mass is 16.4. The summed E-state index contributed by atoms with van der Waals surface area (Å²) in [7, 11) is 1.50. The van der Waals surface area contributed by atoms with E-state index in [2.05, 4.69) is 10.6 Å². The van der Waals surface area contributed by atoms with Crippen LogP contribution in [0.25, 0.3) is 11.1 Å². The SMILES string of the molecule is Cc1cn(C)c(=O)c(NC(=O)NC(CC(=O)O)c2cccc(-c3ccccc3)c2C)c1O. The number of aromatic nitrogens is 1. The Morgan fingerprint density at radius 1 is 1.06 bits per heavy atom. The molecular weight excluding hydrogens is 410 g/mol. The molecule has 0 bridgehead atoms. The molecular formula is C24H25N3O5. The van der Waals surface area contributed by atoms with Gasteiger partial charge in [0.15, 0.2) is 5.69 Å². The van der Waals surface area contributed by atoms with Crippen molar-refractivity contribution in [3.63, 3.8) is 0 Å². The minimum Gasteiger partial charge on any atom is -0.505 e. The van der Waals surface area contributed by atoms with E-state index in [4.69, 9.17) is 0 Å². The number of aliphatic carboxylic acids is 1. The van der Waals surface area contributed by atoms with E-state index in [-0.39, 0.29) is 17.9 Å². The predicted molar refractivity (Wildman–Crippen MR) is 122 cm³/mol. The number of urea groups is 1. The number of nitrogens with zero attached hydrogens (tertiary/aromatic N) is 1. The Balaban J connectivity index is 1.93. The molecule has 1 aromatic heterocycles. The summed E-state index contributed by atoms with van der Waals surface area (Å²) in [6.07, 6.45) is 1.09. The Kier molecular flexibility index (Phi) is 6.63. The molecule has 0 aliphatic heterocycles. The summed E-state index contributed by atoms with van der Waals surface area (Å²) < 4.78 is 1.24. The molecule has 3 rings (SSSR count). The molecule has 0 saturated carbocycles. The van der Waals surface area contributed by atoms with Gasteiger partial charge in [-0.25, -0.2) is 4.79 Å². The number of benzene rings is 2. The number of pyridine rings is 1. The van der Waals surface area contributed by atoms with Crippen molar-refractivity contribution in [2.45, 2.75) is 26.3 Å². The van der Waals surface area contributed by atoms with E-state index in [1.54, 1.807) is 19.1 Å². The molecule has 166 valence electrons. The van der Waals surface area contributed by atoms with Crippen LogP contribution < -0.4 is 16.2 Å². The van der Waals surface area contributed by atoms with Gasteiger partial charge in [-0.2, -0.15) is 0 Å². The van der Waals surface area contributed by atoms with Gasteiger partial charge in [-0.1, -0.05) is 48.5 Å². The molecule has 1 unspecified atom stereocenters. The van der Waals surface area contributed by atoms with Crippen molar-refractivity contribution >= 4 is 17.7 Å². The van der Waals surface area contributed by atoms with E-state index >= 15 is 0 Å². The van der Waals surface area contributed by atoms with Gasteiger partial charge in [0.25, 0.3) is 5.56 Å². The highest BCUT2D eigenvalue weighted by molar-refractivity contribution is 5.91. The third kappa shape index (κ3) is 4.80. The van der Waals surface area contributed by atoms with Crippen LogP contribution in [0.4, 0.5) is 10.5 Å². The molecule has 0 aliphatic carbocycles. The summed E-state index contributed by atoms with van der Waals surface area (Å²) in [6.45, 7) is 3.47. The van der Waals surface area contributed by atoms with Crippen LogP contribution in [0.2, 0.25) is 0 Å². The molecule has 1 heterocycles. The van der Waals surface area contributed by atoms with Crippen molar-refractivity contribution in [1.82, 2.24) is 9.88 Å². The number of rotatable bonds is 6. The molecule has 0 radical (unpaired) electrons. The lowest BCUT2D eigenvalue weighted by atomic mass is 9.92. The highest BCUT2D eigenvalue weighted by Crippen LogP contribution is 2.30. The van der Waals surface area contributed by atoms with Gasteiger partial charge >= 0.3 is 12.0 Å². The number of anilines is 1. The molecule has 8 nitrogen and oxygen atoms in total. The molecule has 0 saturated heterocycles. The van der Waals surface area contributed by atoms with Crippen LogP contribution in [-0.4, -0.2) is 26.8 Å². The third-order valence-electron chi connectivity index (χ3n) is 5.29. The summed E-state index contributed by atoms with van der Waals surface area (Å²) in [4.78, 5) is 36.6. The monoisotopic (exact) mass is 435 g/mol. The van der Waals surface area contributed by atoms with Crippen LogP contribution in [-0.2, 0) is 11.8 Å². The number of amides is 2. The van der Waals surface area contributed by atoms with Crippen LogP contribution >= 0.6 is 0 Å². The quantitative estimate of drug-likeness (QED) is 0.470. The zero-order valence-electron chi connectivity index (χ0n) is 18.0. The van der Waals surface area contributed by atoms with Gasteiger partial charge in [0.05, 0.1) is 12.5 Å². The lowest BCUT2D eigenvalue weighted by Gasteiger charge is -2.22. The molecule has 2 amide bonds. The van der Waals surface area contributed by atoms with Crippen LogP contribution in [0.3, 0.4) is 0 Å². The fourth-order valence-corrected chi connectivity index (χ4v) is 3.68. The minimum absolute atomic E-state index is 0.270. The first-order chi connectivity index (χ1) is 15.2. The zero-order chi connectivity index (χ0) is 23.4. The van der Waals surface area contributed by atoms with Crippen molar-refractivity contribution in [2.75, 3.05) is 5.32 Å². The first-order valence-corrected chi connectivity index (χ1v) is 10.0. The fourth-order valence-electron chi connectivity index (χ4n) is 3.68. The van der Waals surface area contributed by atoms with E-state index in [1.165, 1.54) is 17.8 Å². The molecule has 0 aliphatic rings. The smallest absolute Gasteiger partial charge is 0.319 e. The zero-order valence-corrected chi connectivity index (χ0v) is 18.0. The van der Waals surface area contributed by atoms with Gasteiger partial charge in [0.1, 0.15) is 5.75 Å². The summed E-state index contributed by atoms with van der Waals surface area (Å²) in [5.74, 6) is -1.42. The van der Waals surface area contributed by atoms with Gasteiger partial charge < -0.3 is 25.4 Å². The standard InChI is InChI=1S/C24H25N3O5/c1-14-13-27(3)23(31)21(22(14)30)26-24(32)25-19(12-20(28)29)18-11-7-10-17(15(18)2)16-8-5-4-6-9-16/h4-11,13,19,30H,12H2,1-3H3,(H,28,29)(H2,25,26,32). The summed E-state index contributed by atoms with van der Waals surface area (Å²) in [5.41, 5.74) is 2.93. The molecule has 1 atom stereocenters. The first kappa shape index (κ1) is 22.6. The molecule has 2 aromatic carbocycles. The van der Waals surface area contributed by atoms with Crippen molar-refractivity contribution in [3.05, 3.63) is 81.8 Å². The van der Waals surface area contributed by atoms with E-state index in [0.29, 0.717) is 11.1 Å². The Hall–Kier alpha value is -4.07. The van der Waals surface area contributed by atoms with Gasteiger partial charge in [0.2, 0.25) is 0 Å². The number of hydrogen-bond acceptors (Lipinski definition) is 4. The number of carboxylic acid groups (broad SMARTS) is 1. The topological polar surface area (TPSA) is 121 Å². The third-order valence-corrected chi connectivity index (χ3v) is 5.29. The minimum atomic E-state index is -1.09. The van der Waals surface area contributed by atoms with Gasteiger partial charge in [-0.05, 0) is 36.1 Å². The maximum absolute atomic E-state index is 12.7. The van der Waals surface area contributed by atoms with E-state index < -0.39 is 23.6 Å². The molecule has 0 fully saturated rings. The lowest BCUT2D eigenvalue weighted by molar-refractivity contribution is -0.137. The summed E-state index contributed by atoms with van der Waals surface area (Å²) in [5, 5.41) is 24.6. The van der Waals surface area contributed by atoms with Gasteiger partial charge in [0, 0.05) is 18.8 Å². The number of carboxylic acids is 1. The average Bonchev–Trinajstić information content (AvgIpc) is 2.75. The average molecular weight is 435 g/mol. The Labute approximate surface area is 185 Å². The number of nitrogens with one attached hydrogen (secondary N) is 2. The largest absolute Gasteiger partial charge is 0.505 e. The maximum Gasteiger partial charge on any atom is 0.319 e. The molecule has 0 spiro atoms. The second-order valence-corrected chi connectivity index (χ2v) is 7.59. The Bertz CT molecular complexity index is 1220. The fraction of sp³-hybridized carbons (Fsp3) is 0.208. The molecule has 32 heavy (non-hydrogen) atoms. The molecule has 3 aromatic rings. The number of aromatic hydroxyl groups is 1. The summed E-state index contributed by atoms with van der Waals surface area (Å²) >= 11 is 0. The van der Waals surface area contributed by atoms with Gasteiger partial charge in [-0.15, -0.1) is 0 Å². The number of carbonyl (C=O) groups is 2. The summed E-state index contributed by atoms with van der Waals surface area (Å²) in [6, 6.07) is 13.5. The van der Waals surface area contributed by atoms with Crippen LogP contribution in [0.15, 0.2) is 59.5 Å². The molecule has 8 heteroatoms. The van der Waals surface area contributed by atoms with Crippen molar-refractivity contribution in [2.24, 2.45) is 7.05 Å². The second-order valence-electron chi connectivity index (χ2n) is 7.59. The van der Waals surface area contributed by atoms with Crippen molar-refractivity contribution in [1.29, 1.82) is 0 Å². The second kappa shape index (κ2) is 9.38. The Morgan fingerprint density at radius 2 is 1.75 bits per heavy atom. The number of carbonyl (C=O) groups excluding carboxylic acids is 1. The normalized spacial score (nSPS) is 11.6. The highest BCUT2D eigenvalue weighted by Gasteiger charge is 2.23. The number of aryl methyl sites for hydroxylation is 2. The van der Waals surface area contributed by atoms with Gasteiger partial charge in [-0.3, -0.25) is 9.59 Å². The van der Waals surface area contributed by atoms with E-state index in [9.17, 15) is 24.6 Å². The maximum atomic E-state index is 12.7. The predicted octanol–water partition coefficient (Wildman–Crippen LogP) is 3.71. The first-order valence-electron chi connectivity index (χ1n) is 10.0. The van der Waals surface area contributed by atoms with Crippen LogP contribution in [0.5, 0.6) is 5.75 Å². The Morgan fingerprint density at radius 3 is 2.41 bits per heavy atom. The van der Waals surface area contributed by atoms with Crippen molar-refractivity contribution < 1.29 is 19.8 Å². The van der Waals surface area contributed by atoms with Crippen LogP contribution in [0.1, 0.15) is 29.2 Å². The van der Waals surface area contributed by atoms with E-state index in [0.717, 1.165) is 16.7 Å². The number of hydrogen-bond donors (Lipinski definition) is 4.